The summed E-state index contributed by atoms with van der Waals surface area (Å²) in [6.07, 6.45) is 3.65. The van der Waals surface area contributed by atoms with E-state index in [1.54, 1.807) is 11.3 Å². The fraction of sp³-hybridized carbons (Fsp3) is 0.500. The Morgan fingerprint density at radius 2 is 2.29 bits per heavy atom. The molecule has 21 heavy (non-hydrogen) atoms. The molecule has 2 aromatic rings. The quantitative estimate of drug-likeness (QED) is 0.891. The molecule has 0 bridgehead atoms. The van der Waals surface area contributed by atoms with Gasteiger partial charge in [-0.1, -0.05) is 0 Å². The molecule has 112 valence electrons. The number of amides is 1. The first-order valence-electron chi connectivity index (χ1n) is 7.46. The molecule has 4 nitrogen and oxygen atoms in total. The van der Waals surface area contributed by atoms with Crippen molar-refractivity contribution in [3.8, 4) is 0 Å². The number of aromatic nitrogens is 2. The second kappa shape index (κ2) is 6.02. The van der Waals surface area contributed by atoms with Gasteiger partial charge in [0.15, 0.2) is 0 Å². The molecule has 0 atom stereocenters. The van der Waals surface area contributed by atoms with Crippen molar-refractivity contribution in [2.75, 3.05) is 0 Å². The molecule has 3 rings (SSSR count). The highest BCUT2D eigenvalue weighted by molar-refractivity contribution is 7.07. The fourth-order valence-electron chi connectivity index (χ4n) is 2.70. The third-order valence-electron chi connectivity index (χ3n) is 4.11. The molecular weight excluding hydrogens is 282 g/mol. The molecule has 0 unspecified atom stereocenters. The van der Waals surface area contributed by atoms with E-state index in [2.05, 4.69) is 31.9 Å². The van der Waals surface area contributed by atoms with Gasteiger partial charge in [-0.3, -0.25) is 9.89 Å². The van der Waals surface area contributed by atoms with Gasteiger partial charge in [0.1, 0.15) is 0 Å². The minimum absolute atomic E-state index is 0.267. The van der Waals surface area contributed by atoms with E-state index in [1.807, 2.05) is 13.8 Å². The van der Waals surface area contributed by atoms with Crippen molar-refractivity contribution in [2.24, 2.45) is 0 Å². The predicted octanol–water partition coefficient (Wildman–Crippen LogP) is 3.21. The molecule has 0 saturated heterocycles. The van der Waals surface area contributed by atoms with Crippen LogP contribution in [-0.2, 0) is 17.8 Å². The van der Waals surface area contributed by atoms with Gasteiger partial charge in [0, 0.05) is 24.7 Å². The Bertz CT molecular complexity index is 594. The number of aromatic amines is 1. The van der Waals surface area contributed by atoms with Crippen LogP contribution >= 0.6 is 11.3 Å². The van der Waals surface area contributed by atoms with E-state index >= 15 is 0 Å². The summed E-state index contributed by atoms with van der Waals surface area (Å²) in [6, 6.07) is 2.57. The lowest BCUT2D eigenvalue weighted by Crippen LogP contribution is -2.32. The van der Waals surface area contributed by atoms with Crippen LogP contribution in [0.15, 0.2) is 16.8 Å². The molecule has 2 heterocycles. The number of rotatable bonds is 6. The van der Waals surface area contributed by atoms with Crippen LogP contribution in [-0.4, -0.2) is 27.0 Å². The van der Waals surface area contributed by atoms with Gasteiger partial charge in [-0.15, -0.1) is 0 Å². The number of aryl methyl sites for hydroxylation is 2. The summed E-state index contributed by atoms with van der Waals surface area (Å²) in [6.45, 7) is 4.77. The Morgan fingerprint density at radius 1 is 1.48 bits per heavy atom. The van der Waals surface area contributed by atoms with Crippen molar-refractivity contribution < 1.29 is 4.79 Å². The van der Waals surface area contributed by atoms with Crippen molar-refractivity contribution in [3.05, 3.63) is 39.3 Å². The summed E-state index contributed by atoms with van der Waals surface area (Å²) in [7, 11) is 0. The van der Waals surface area contributed by atoms with E-state index in [0.717, 1.165) is 37.2 Å². The van der Waals surface area contributed by atoms with Crippen LogP contribution < -0.4 is 0 Å². The van der Waals surface area contributed by atoms with Gasteiger partial charge in [-0.2, -0.15) is 16.4 Å². The van der Waals surface area contributed by atoms with Gasteiger partial charge in [0.05, 0.1) is 5.69 Å². The van der Waals surface area contributed by atoms with E-state index in [-0.39, 0.29) is 5.91 Å². The SMILES string of the molecule is Cc1n[nH]c(C)c1CCC(=O)N(Cc1ccsc1)C1CC1. The number of hydrogen-bond donors (Lipinski definition) is 1. The van der Waals surface area contributed by atoms with Crippen LogP contribution in [0.25, 0.3) is 0 Å². The lowest BCUT2D eigenvalue weighted by molar-refractivity contribution is -0.132. The van der Waals surface area contributed by atoms with Crippen LogP contribution in [0.4, 0.5) is 0 Å². The fourth-order valence-corrected chi connectivity index (χ4v) is 3.36. The molecule has 1 aliphatic rings. The summed E-state index contributed by atoms with van der Waals surface area (Å²) < 4.78 is 0. The number of nitrogens with zero attached hydrogens (tertiary/aromatic N) is 2. The highest BCUT2D eigenvalue weighted by Gasteiger charge is 2.32. The summed E-state index contributed by atoms with van der Waals surface area (Å²) in [5.74, 6) is 0.267. The zero-order valence-corrected chi connectivity index (χ0v) is 13.4. The van der Waals surface area contributed by atoms with Gasteiger partial charge in [-0.25, -0.2) is 0 Å². The number of thiophene rings is 1. The van der Waals surface area contributed by atoms with Crippen LogP contribution in [0.5, 0.6) is 0 Å². The van der Waals surface area contributed by atoms with Crippen molar-refractivity contribution >= 4 is 17.2 Å². The lowest BCUT2D eigenvalue weighted by atomic mass is 10.1. The largest absolute Gasteiger partial charge is 0.335 e. The predicted molar refractivity (Wildman–Crippen MR) is 84.3 cm³/mol. The van der Waals surface area contributed by atoms with Crippen LogP contribution in [0.1, 0.15) is 41.8 Å². The smallest absolute Gasteiger partial charge is 0.223 e. The van der Waals surface area contributed by atoms with E-state index in [1.165, 1.54) is 11.1 Å². The molecule has 5 heteroatoms. The molecule has 1 amide bonds. The molecule has 0 radical (unpaired) electrons. The Kier molecular flexibility index (Phi) is 4.10. The van der Waals surface area contributed by atoms with Gasteiger partial charge in [-0.05, 0) is 61.1 Å². The van der Waals surface area contributed by atoms with E-state index in [4.69, 9.17) is 0 Å². The minimum atomic E-state index is 0.267. The Hall–Kier alpha value is -1.62. The maximum atomic E-state index is 12.6. The summed E-state index contributed by atoms with van der Waals surface area (Å²) in [4.78, 5) is 14.6. The van der Waals surface area contributed by atoms with Crippen LogP contribution in [0.3, 0.4) is 0 Å². The number of H-pyrrole nitrogens is 1. The van der Waals surface area contributed by atoms with Gasteiger partial charge in [0.25, 0.3) is 0 Å². The summed E-state index contributed by atoms with van der Waals surface area (Å²) in [5, 5.41) is 11.4. The highest BCUT2D eigenvalue weighted by atomic mass is 32.1. The topological polar surface area (TPSA) is 49.0 Å². The average Bonchev–Trinajstić information content (AvgIpc) is 3.08. The number of nitrogens with one attached hydrogen (secondary N) is 1. The van der Waals surface area contributed by atoms with Crippen molar-refractivity contribution in [1.29, 1.82) is 0 Å². The van der Waals surface area contributed by atoms with Gasteiger partial charge >= 0.3 is 0 Å². The van der Waals surface area contributed by atoms with Gasteiger partial charge in [0.2, 0.25) is 5.91 Å². The summed E-state index contributed by atoms with van der Waals surface area (Å²) >= 11 is 1.69. The molecule has 1 fully saturated rings. The first kappa shape index (κ1) is 14.3. The maximum Gasteiger partial charge on any atom is 0.223 e. The molecule has 2 aromatic heterocycles. The zero-order chi connectivity index (χ0) is 14.8. The summed E-state index contributed by atoms with van der Waals surface area (Å²) in [5.41, 5.74) is 4.53. The second-order valence-corrected chi connectivity index (χ2v) is 6.58. The first-order chi connectivity index (χ1) is 10.1. The number of carbonyl (C=O) groups excluding carboxylic acids is 1. The lowest BCUT2D eigenvalue weighted by Gasteiger charge is -2.22. The minimum Gasteiger partial charge on any atom is -0.335 e. The first-order valence-corrected chi connectivity index (χ1v) is 8.40. The highest BCUT2D eigenvalue weighted by Crippen LogP contribution is 2.29. The molecule has 0 aliphatic heterocycles. The second-order valence-electron chi connectivity index (χ2n) is 5.80. The monoisotopic (exact) mass is 303 g/mol. The van der Waals surface area contributed by atoms with E-state index < -0.39 is 0 Å². The Morgan fingerprint density at radius 3 is 2.86 bits per heavy atom. The van der Waals surface area contributed by atoms with Crippen molar-refractivity contribution in [2.45, 2.75) is 52.1 Å². The van der Waals surface area contributed by atoms with Crippen LogP contribution in [0, 0.1) is 13.8 Å². The Labute approximate surface area is 129 Å². The molecule has 0 spiro atoms. The molecular formula is C16H21N3OS. The Balaban J connectivity index is 1.62. The molecule has 1 saturated carbocycles. The third kappa shape index (κ3) is 3.35. The van der Waals surface area contributed by atoms with Gasteiger partial charge < -0.3 is 4.90 Å². The normalized spacial score (nSPS) is 14.4. The van der Waals surface area contributed by atoms with E-state index in [9.17, 15) is 4.79 Å². The molecule has 1 aliphatic carbocycles. The number of carbonyl (C=O) groups is 1. The van der Waals surface area contributed by atoms with Crippen molar-refractivity contribution in [3.63, 3.8) is 0 Å². The maximum absolute atomic E-state index is 12.6. The zero-order valence-electron chi connectivity index (χ0n) is 12.6. The standard InChI is InChI=1S/C16H21N3OS/c1-11-15(12(2)18-17-11)5-6-16(20)19(14-3-4-14)9-13-7-8-21-10-13/h7-8,10,14H,3-6,9H2,1-2H3,(H,17,18). The van der Waals surface area contributed by atoms with Crippen LogP contribution in [0.2, 0.25) is 0 Å². The average molecular weight is 303 g/mol. The molecule has 0 aromatic carbocycles. The molecule has 1 N–H and O–H groups in total. The number of hydrogen-bond acceptors (Lipinski definition) is 3. The van der Waals surface area contributed by atoms with Crippen molar-refractivity contribution in [1.82, 2.24) is 15.1 Å². The van der Waals surface area contributed by atoms with E-state index in [0.29, 0.717) is 12.5 Å². The third-order valence-corrected chi connectivity index (χ3v) is 4.84.